The molecule has 6 heteroatoms. The van der Waals surface area contributed by atoms with Gasteiger partial charge < -0.3 is 25.3 Å². The summed E-state index contributed by atoms with van der Waals surface area (Å²) in [5.74, 6) is 2.58. The van der Waals surface area contributed by atoms with Crippen molar-refractivity contribution in [2.45, 2.75) is 13.5 Å². The van der Waals surface area contributed by atoms with E-state index in [-0.39, 0.29) is 0 Å². The van der Waals surface area contributed by atoms with Crippen LogP contribution in [0.25, 0.3) is 0 Å². The molecule has 0 aliphatic rings. The molecule has 0 spiro atoms. The van der Waals surface area contributed by atoms with E-state index in [0.717, 1.165) is 11.3 Å². The molecule has 0 saturated heterocycles. The number of hydrogen-bond acceptors (Lipinski definition) is 4. The number of methoxy groups -OCH3 is 2. The summed E-state index contributed by atoms with van der Waals surface area (Å²) in [4.78, 5) is 4.31. The van der Waals surface area contributed by atoms with Crippen LogP contribution in [-0.2, 0) is 6.54 Å². The van der Waals surface area contributed by atoms with E-state index in [4.69, 9.17) is 19.9 Å². The summed E-state index contributed by atoms with van der Waals surface area (Å²) in [6.45, 7) is 3.59. The summed E-state index contributed by atoms with van der Waals surface area (Å²) in [5.41, 5.74) is 8.06. The van der Waals surface area contributed by atoms with Crippen molar-refractivity contribution < 1.29 is 14.2 Å². The number of rotatable bonds is 8. The predicted molar refractivity (Wildman–Crippen MR) is 99.5 cm³/mol. The van der Waals surface area contributed by atoms with Gasteiger partial charge >= 0.3 is 0 Å². The zero-order chi connectivity index (χ0) is 18.1. The molecule has 0 amide bonds. The van der Waals surface area contributed by atoms with Gasteiger partial charge in [-0.25, -0.2) is 4.99 Å². The third-order valence-electron chi connectivity index (χ3n) is 3.58. The van der Waals surface area contributed by atoms with E-state index in [1.165, 1.54) is 5.56 Å². The van der Waals surface area contributed by atoms with Crippen LogP contribution in [0.5, 0.6) is 17.2 Å². The molecule has 3 N–H and O–H groups in total. The summed E-state index contributed by atoms with van der Waals surface area (Å²) in [7, 11) is 3.21. The normalized spacial score (nSPS) is 11.1. The minimum absolute atomic E-state index is 0.377. The average molecular weight is 343 g/mol. The molecular weight excluding hydrogens is 318 g/mol. The lowest BCUT2D eigenvalue weighted by Gasteiger charge is -2.10. The van der Waals surface area contributed by atoms with Crippen molar-refractivity contribution in [3.8, 4) is 17.2 Å². The molecular formula is C19H25N3O3. The van der Waals surface area contributed by atoms with E-state index in [1.807, 2.05) is 49.4 Å². The van der Waals surface area contributed by atoms with Crippen LogP contribution in [0.2, 0.25) is 0 Å². The molecule has 0 aliphatic carbocycles. The summed E-state index contributed by atoms with van der Waals surface area (Å²) < 4.78 is 16.1. The molecule has 0 atom stereocenters. The molecule has 2 aromatic carbocycles. The molecule has 2 aromatic rings. The minimum atomic E-state index is 0.377. The molecule has 0 unspecified atom stereocenters. The van der Waals surface area contributed by atoms with Gasteiger partial charge in [0.05, 0.1) is 27.3 Å². The first-order valence-corrected chi connectivity index (χ1v) is 8.06. The van der Waals surface area contributed by atoms with Crippen LogP contribution in [0, 0.1) is 6.92 Å². The van der Waals surface area contributed by atoms with Crippen LogP contribution >= 0.6 is 0 Å². The van der Waals surface area contributed by atoms with Gasteiger partial charge in [-0.2, -0.15) is 0 Å². The number of nitrogens with one attached hydrogen (secondary N) is 1. The Labute approximate surface area is 148 Å². The van der Waals surface area contributed by atoms with E-state index >= 15 is 0 Å². The van der Waals surface area contributed by atoms with Crippen molar-refractivity contribution >= 4 is 5.96 Å². The van der Waals surface area contributed by atoms with E-state index < -0.39 is 0 Å². The molecule has 0 fully saturated rings. The molecule has 6 nitrogen and oxygen atoms in total. The number of nitrogens with two attached hydrogens (primary N) is 1. The molecule has 0 heterocycles. The predicted octanol–water partition coefficient (Wildman–Crippen LogP) is 2.50. The van der Waals surface area contributed by atoms with Crippen molar-refractivity contribution in [1.29, 1.82) is 0 Å². The Morgan fingerprint density at radius 2 is 1.76 bits per heavy atom. The van der Waals surface area contributed by atoms with Crippen LogP contribution in [0.3, 0.4) is 0 Å². The van der Waals surface area contributed by atoms with Crippen molar-refractivity contribution in [2.24, 2.45) is 10.7 Å². The number of aliphatic imine (C=N–C) groups is 1. The first kappa shape index (κ1) is 18.4. The fourth-order valence-corrected chi connectivity index (χ4v) is 2.19. The number of ether oxygens (including phenoxy) is 3. The van der Waals surface area contributed by atoms with Gasteiger partial charge in [-0.15, -0.1) is 0 Å². The van der Waals surface area contributed by atoms with Gasteiger partial charge in [-0.3, -0.25) is 0 Å². The molecule has 0 radical (unpaired) electrons. The summed E-state index contributed by atoms with van der Waals surface area (Å²) in [5, 5.41) is 3.03. The summed E-state index contributed by atoms with van der Waals surface area (Å²) >= 11 is 0. The van der Waals surface area contributed by atoms with Crippen LogP contribution < -0.4 is 25.3 Å². The monoisotopic (exact) mass is 343 g/mol. The maximum Gasteiger partial charge on any atom is 0.189 e. The minimum Gasteiger partial charge on any atom is -0.493 e. The molecule has 0 bridgehead atoms. The Morgan fingerprint density at radius 3 is 2.44 bits per heavy atom. The van der Waals surface area contributed by atoms with E-state index in [1.54, 1.807) is 14.2 Å². The van der Waals surface area contributed by atoms with Crippen LogP contribution in [0.15, 0.2) is 47.5 Å². The number of hydrogen-bond donors (Lipinski definition) is 2. The number of nitrogens with zero attached hydrogens (tertiary/aromatic N) is 1. The maximum absolute atomic E-state index is 5.87. The second-order valence-electron chi connectivity index (χ2n) is 5.48. The Kier molecular flexibility index (Phi) is 6.95. The number of benzene rings is 2. The van der Waals surface area contributed by atoms with Crippen molar-refractivity contribution in [1.82, 2.24) is 5.32 Å². The zero-order valence-electron chi connectivity index (χ0n) is 14.9. The SMILES string of the molecule is COc1ccc(CN=C(N)NCCOc2ccc(C)cc2)cc1OC. The lowest BCUT2D eigenvalue weighted by Crippen LogP contribution is -2.34. The Hall–Kier alpha value is -2.89. The van der Waals surface area contributed by atoms with Crippen molar-refractivity contribution in [2.75, 3.05) is 27.4 Å². The first-order valence-electron chi connectivity index (χ1n) is 8.06. The third-order valence-corrected chi connectivity index (χ3v) is 3.58. The quantitative estimate of drug-likeness (QED) is 0.437. The van der Waals surface area contributed by atoms with Gasteiger partial charge in [-0.1, -0.05) is 23.8 Å². The molecule has 134 valence electrons. The van der Waals surface area contributed by atoms with Crippen molar-refractivity contribution in [3.05, 3.63) is 53.6 Å². The molecule has 25 heavy (non-hydrogen) atoms. The van der Waals surface area contributed by atoms with Gasteiger partial charge in [0.2, 0.25) is 0 Å². The third kappa shape index (κ3) is 5.91. The first-order chi connectivity index (χ1) is 12.1. The number of aryl methyl sites for hydroxylation is 1. The second kappa shape index (κ2) is 9.42. The van der Waals surface area contributed by atoms with Crippen molar-refractivity contribution in [3.63, 3.8) is 0 Å². The molecule has 2 rings (SSSR count). The molecule has 0 aromatic heterocycles. The van der Waals surface area contributed by atoms with E-state index in [9.17, 15) is 0 Å². The average Bonchev–Trinajstić information content (AvgIpc) is 2.64. The topological polar surface area (TPSA) is 78.1 Å². The van der Waals surface area contributed by atoms with Gasteiger partial charge in [0.15, 0.2) is 17.5 Å². The lowest BCUT2D eigenvalue weighted by molar-refractivity contribution is 0.322. The molecule has 0 aliphatic heterocycles. The largest absolute Gasteiger partial charge is 0.493 e. The number of guanidine groups is 1. The lowest BCUT2D eigenvalue weighted by atomic mass is 10.2. The van der Waals surface area contributed by atoms with E-state index in [0.29, 0.717) is 37.2 Å². The highest BCUT2D eigenvalue weighted by Gasteiger charge is 2.04. The Bertz CT molecular complexity index is 700. The fraction of sp³-hybridized carbons (Fsp3) is 0.316. The maximum atomic E-state index is 5.87. The van der Waals surface area contributed by atoms with E-state index in [2.05, 4.69) is 10.3 Å². The van der Waals surface area contributed by atoms with Gasteiger partial charge in [0.1, 0.15) is 12.4 Å². The van der Waals surface area contributed by atoms with Crippen LogP contribution in [0.1, 0.15) is 11.1 Å². The smallest absolute Gasteiger partial charge is 0.189 e. The fourth-order valence-electron chi connectivity index (χ4n) is 2.19. The summed E-state index contributed by atoms with van der Waals surface area (Å²) in [6, 6.07) is 13.6. The summed E-state index contributed by atoms with van der Waals surface area (Å²) in [6.07, 6.45) is 0. The zero-order valence-corrected chi connectivity index (χ0v) is 14.9. The van der Waals surface area contributed by atoms with Gasteiger partial charge in [0, 0.05) is 0 Å². The van der Waals surface area contributed by atoms with Gasteiger partial charge in [-0.05, 0) is 36.8 Å². The Morgan fingerprint density at radius 1 is 1.04 bits per heavy atom. The highest BCUT2D eigenvalue weighted by Crippen LogP contribution is 2.27. The highest BCUT2D eigenvalue weighted by molar-refractivity contribution is 5.77. The second-order valence-corrected chi connectivity index (χ2v) is 5.48. The van der Waals surface area contributed by atoms with Crippen LogP contribution in [0.4, 0.5) is 0 Å². The molecule has 0 saturated carbocycles. The highest BCUT2D eigenvalue weighted by atomic mass is 16.5. The standard InChI is InChI=1S/C19H25N3O3/c1-14-4-7-16(8-5-14)25-11-10-21-19(20)22-13-15-6-9-17(23-2)18(12-15)24-3/h4-9,12H,10-11,13H2,1-3H3,(H3,20,21,22). The van der Waals surface area contributed by atoms with Crippen LogP contribution in [-0.4, -0.2) is 33.3 Å². The van der Waals surface area contributed by atoms with Gasteiger partial charge in [0.25, 0.3) is 0 Å². The Balaban J connectivity index is 1.76.